The number of anilines is 2. The largest absolute Gasteiger partial charge is 0.368 e. The second kappa shape index (κ2) is 9.47. The van der Waals surface area contributed by atoms with Crippen molar-refractivity contribution < 1.29 is 9.59 Å². The number of carbonyl (C=O) groups is 2. The summed E-state index contributed by atoms with van der Waals surface area (Å²) in [6, 6.07) is 25.0. The van der Waals surface area contributed by atoms with Crippen LogP contribution < -0.4 is 10.2 Å². The van der Waals surface area contributed by atoms with Gasteiger partial charge in [0.15, 0.2) is 0 Å². The molecule has 0 unspecified atom stereocenters. The number of rotatable bonds is 5. The number of carbonyl (C=O) groups excluding carboxylic acids is 2. The molecule has 0 atom stereocenters. The fourth-order valence-corrected chi connectivity index (χ4v) is 3.78. The van der Waals surface area contributed by atoms with E-state index < -0.39 is 0 Å². The Morgan fingerprint density at radius 3 is 2.03 bits per heavy atom. The second-order valence-electron chi connectivity index (χ2n) is 7.70. The van der Waals surface area contributed by atoms with Gasteiger partial charge < -0.3 is 15.1 Å². The summed E-state index contributed by atoms with van der Waals surface area (Å²) in [6.45, 7) is 5.07. The van der Waals surface area contributed by atoms with Crippen molar-refractivity contribution >= 4 is 23.2 Å². The standard InChI is InChI=1S/C26H27N3O2/c1-2-20-8-10-22(11-9-20)26(31)29-18-16-28(17-19-29)24-14-12-23(13-15-24)27-25(30)21-6-4-3-5-7-21/h3-15H,2,16-19H2,1H3,(H,27,30). The third kappa shape index (κ3) is 4.94. The minimum Gasteiger partial charge on any atom is -0.368 e. The number of hydrogen-bond acceptors (Lipinski definition) is 3. The van der Waals surface area contributed by atoms with Crippen molar-refractivity contribution in [2.24, 2.45) is 0 Å². The lowest BCUT2D eigenvalue weighted by Gasteiger charge is -2.36. The zero-order chi connectivity index (χ0) is 21.6. The van der Waals surface area contributed by atoms with E-state index in [-0.39, 0.29) is 11.8 Å². The summed E-state index contributed by atoms with van der Waals surface area (Å²) in [4.78, 5) is 29.3. The summed E-state index contributed by atoms with van der Waals surface area (Å²) in [7, 11) is 0. The highest BCUT2D eigenvalue weighted by Gasteiger charge is 2.22. The molecular formula is C26H27N3O2. The van der Waals surface area contributed by atoms with Gasteiger partial charge in [0.2, 0.25) is 0 Å². The van der Waals surface area contributed by atoms with Crippen LogP contribution in [0.15, 0.2) is 78.9 Å². The highest BCUT2D eigenvalue weighted by Crippen LogP contribution is 2.21. The second-order valence-corrected chi connectivity index (χ2v) is 7.70. The fraction of sp³-hybridized carbons (Fsp3) is 0.231. The van der Waals surface area contributed by atoms with Crippen molar-refractivity contribution in [2.75, 3.05) is 36.4 Å². The van der Waals surface area contributed by atoms with Crippen molar-refractivity contribution in [3.63, 3.8) is 0 Å². The van der Waals surface area contributed by atoms with E-state index in [4.69, 9.17) is 0 Å². The molecule has 3 aromatic carbocycles. The van der Waals surface area contributed by atoms with E-state index in [1.165, 1.54) is 5.56 Å². The maximum absolute atomic E-state index is 12.8. The molecule has 5 nitrogen and oxygen atoms in total. The molecule has 1 aliphatic heterocycles. The van der Waals surface area contributed by atoms with E-state index >= 15 is 0 Å². The Hall–Kier alpha value is -3.60. The molecule has 158 valence electrons. The van der Waals surface area contributed by atoms with Gasteiger partial charge in [0.25, 0.3) is 11.8 Å². The zero-order valence-corrected chi connectivity index (χ0v) is 17.8. The van der Waals surface area contributed by atoms with E-state index in [9.17, 15) is 9.59 Å². The van der Waals surface area contributed by atoms with Crippen LogP contribution in [-0.2, 0) is 6.42 Å². The van der Waals surface area contributed by atoms with Crippen LogP contribution in [0.1, 0.15) is 33.2 Å². The van der Waals surface area contributed by atoms with E-state index in [1.54, 1.807) is 12.1 Å². The Morgan fingerprint density at radius 1 is 0.774 bits per heavy atom. The van der Waals surface area contributed by atoms with Crippen molar-refractivity contribution in [1.82, 2.24) is 4.90 Å². The summed E-state index contributed by atoms with van der Waals surface area (Å²) in [5.41, 5.74) is 4.49. The molecule has 1 N–H and O–H groups in total. The monoisotopic (exact) mass is 413 g/mol. The van der Waals surface area contributed by atoms with Crippen LogP contribution in [0.5, 0.6) is 0 Å². The van der Waals surface area contributed by atoms with Gasteiger partial charge in [-0.05, 0) is 60.5 Å². The molecule has 2 amide bonds. The Labute approximate surface area is 183 Å². The van der Waals surface area contributed by atoms with Crippen LogP contribution in [-0.4, -0.2) is 42.9 Å². The molecule has 0 aliphatic carbocycles. The average Bonchev–Trinajstić information content (AvgIpc) is 2.85. The van der Waals surface area contributed by atoms with Gasteiger partial charge in [-0.25, -0.2) is 0 Å². The minimum atomic E-state index is -0.118. The molecule has 1 aliphatic rings. The number of piperazine rings is 1. The lowest BCUT2D eigenvalue weighted by atomic mass is 10.1. The van der Waals surface area contributed by atoms with Gasteiger partial charge in [-0.2, -0.15) is 0 Å². The molecule has 1 heterocycles. The van der Waals surface area contributed by atoms with Gasteiger partial charge in [-0.1, -0.05) is 37.3 Å². The summed E-state index contributed by atoms with van der Waals surface area (Å²) in [5.74, 6) is -0.0197. The molecule has 3 aromatic rings. The van der Waals surface area contributed by atoms with E-state index in [1.807, 2.05) is 71.6 Å². The van der Waals surface area contributed by atoms with Crippen molar-refractivity contribution in [2.45, 2.75) is 13.3 Å². The molecule has 0 spiro atoms. The van der Waals surface area contributed by atoms with Gasteiger partial charge in [0.05, 0.1) is 0 Å². The van der Waals surface area contributed by atoms with Crippen molar-refractivity contribution in [3.05, 3.63) is 95.6 Å². The Kier molecular flexibility index (Phi) is 6.32. The molecule has 0 bridgehead atoms. The first-order valence-electron chi connectivity index (χ1n) is 10.7. The first kappa shape index (κ1) is 20.7. The first-order valence-corrected chi connectivity index (χ1v) is 10.7. The number of amides is 2. The van der Waals surface area contributed by atoms with Crippen LogP contribution in [0.2, 0.25) is 0 Å². The van der Waals surface area contributed by atoms with Gasteiger partial charge in [-0.15, -0.1) is 0 Å². The summed E-state index contributed by atoms with van der Waals surface area (Å²) < 4.78 is 0. The summed E-state index contributed by atoms with van der Waals surface area (Å²) >= 11 is 0. The van der Waals surface area contributed by atoms with E-state index in [0.29, 0.717) is 18.7 Å². The quantitative estimate of drug-likeness (QED) is 0.672. The third-order valence-electron chi connectivity index (χ3n) is 5.70. The molecular weight excluding hydrogens is 386 g/mol. The molecule has 1 saturated heterocycles. The van der Waals surface area contributed by atoms with Crippen LogP contribution in [0, 0.1) is 0 Å². The lowest BCUT2D eigenvalue weighted by molar-refractivity contribution is 0.0746. The molecule has 4 rings (SSSR count). The first-order chi connectivity index (χ1) is 15.1. The number of hydrogen-bond donors (Lipinski definition) is 1. The van der Waals surface area contributed by atoms with Gasteiger partial charge >= 0.3 is 0 Å². The maximum Gasteiger partial charge on any atom is 0.255 e. The zero-order valence-electron chi connectivity index (χ0n) is 17.8. The van der Waals surface area contributed by atoms with Crippen molar-refractivity contribution in [3.8, 4) is 0 Å². The van der Waals surface area contributed by atoms with Crippen LogP contribution in [0.4, 0.5) is 11.4 Å². The summed E-state index contributed by atoms with van der Waals surface area (Å²) in [6.07, 6.45) is 0.974. The SMILES string of the molecule is CCc1ccc(C(=O)N2CCN(c3ccc(NC(=O)c4ccccc4)cc3)CC2)cc1. The van der Waals surface area contributed by atoms with Gasteiger partial charge in [0, 0.05) is 48.7 Å². The lowest BCUT2D eigenvalue weighted by Crippen LogP contribution is -2.48. The van der Waals surface area contributed by atoms with Crippen LogP contribution in [0.25, 0.3) is 0 Å². The van der Waals surface area contributed by atoms with Crippen LogP contribution in [0.3, 0.4) is 0 Å². The predicted molar refractivity (Wildman–Crippen MR) is 125 cm³/mol. The summed E-state index contributed by atoms with van der Waals surface area (Å²) in [5, 5.41) is 2.93. The van der Waals surface area contributed by atoms with Crippen molar-refractivity contribution in [1.29, 1.82) is 0 Å². The molecule has 0 saturated carbocycles. The molecule has 1 fully saturated rings. The highest BCUT2D eigenvalue weighted by atomic mass is 16.2. The Morgan fingerprint density at radius 2 is 1.42 bits per heavy atom. The average molecular weight is 414 g/mol. The Bertz CT molecular complexity index is 1020. The number of benzene rings is 3. The molecule has 0 aromatic heterocycles. The smallest absolute Gasteiger partial charge is 0.255 e. The number of aryl methyl sites for hydroxylation is 1. The molecule has 0 radical (unpaired) electrons. The minimum absolute atomic E-state index is 0.0984. The van der Waals surface area contributed by atoms with E-state index in [0.717, 1.165) is 36.4 Å². The topological polar surface area (TPSA) is 52.7 Å². The molecule has 5 heteroatoms. The third-order valence-corrected chi connectivity index (χ3v) is 5.70. The van der Waals surface area contributed by atoms with Gasteiger partial charge in [-0.3, -0.25) is 9.59 Å². The maximum atomic E-state index is 12.8. The van der Waals surface area contributed by atoms with E-state index in [2.05, 4.69) is 17.1 Å². The molecule has 31 heavy (non-hydrogen) atoms. The number of nitrogens with zero attached hydrogens (tertiary/aromatic N) is 2. The highest BCUT2D eigenvalue weighted by molar-refractivity contribution is 6.04. The predicted octanol–water partition coefficient (Wildman–Crippen LogP) is 4.46. The fourth-order valence-electron chi connectivity index (χ4n) is 3.78. The van der Waals surface area contributed by atoms with Gasteiger partial charge in [0.1, 0.15) is 0 Å². The van der Waals surface area contributed by atoms with Crippen LogP contribution >= 0.6 is 0 Å². The Balaban J connectivity index is 1.32. The number of nitrogens with one attached hydrogen (secondary N) is 1. The normalized spacial score (nSPS) is 13.7.